The Bertz CT molecular complexity index is 2120. The van der Waals surface area contributed by atoms with Gasteiger partial charge in [0.05, 0.1) is 22.2 Å². The molecule has 0 unspecified atom stereocenters. The summed E-state index contributed by atoms with van der Waals surface area (Å²) in [7, 11) is 0. The minimum atomic E-state index is 0.736. The van der Waals surface area contributed by atoms with Gasteiger partial charge < -0.3 is 4.57 Å². The second kappa shape index (κ2) is 9.58. The first-order chi connectivity index (χ1) is 20.3. The zero-order chi connectivity index (χ0) is 27.2. The normalized spacial score (nSPS) is 11.4. The Morgan fingerprint density at radius 2 is 0.951 bits per heavy atom. The molecule has 0 saturated heterocycles. The maximum absolute atomic E-state index is 5.07. The Kier molecular flexibility index (Phi) is 5.46. The van der Waals surface area contributed by atoms with Crippen molar-refractivity contribution in [2.24, 2.45) is 0 Å². The van der Waals surface area contributed by atoms with E-state index in [1.54, 1.807) is 0 Å². The van der Waals surface area contributed by atoms with Crippen LogP contribution in [-0.4, -0.2) is 14.5 Å². The van der Waals surface area contributed by atoms with Gasteiger partial charge in [0.25, 0.3) is 0 Å². The van der Waals surface area contributed by atoms with Gasteiger partial charge in [-0.2, -0.15) is 0 Å². The number of hydrogen-bond donors (Lipinski definition) is 0. The molecular formula is C38H25N3. The second-order valence-corrected chi connectivity index (χ2v) is 10.3. The first-order valence-electron chi connectivity index (χ1n) is 13.9. The summed E-state index contributed by atoms with van der Waals surface area (Å²) in [5, 5.41) is 3.58. The highest BCUT2D eigenvalue weighted by Gasteiger charge is 2.14. The zero-order valence-corrected chi connectivity index (χ0v) is 22.3. The number of nitrogens with zero attached hydrogens (tertiary/aromatic N) is 3. The van der Waals surface area contributed by atoms with E-state index in [0.29, 0.717) is 0 Å². The third kappa shape index (κ3) is 3.98. The molecule has 2 aromatic heterocycles. The summed E-state index contributed by atoms with van der Waals surface area (Å²) >= 11 is 0. The standard InChI is InChI=1S/C38H25N3/c1-3-11-27(12-4-1)37-33-25-29(21-24-34(33)39-38(40-37)28-13-5-2-6-14-28)26-19-22-30(23-20-26)41-35-17-9-7-15-31(35)32-16-8-10-18-36(32)41/h1-25H. The van der Waals surface area contributed by atoms with Crippen LogP contribution in [0.4, 0.5) is 0 Å². The lowest BCUT2D eigenvalue weighted by molar-refractivity contribution is 1.18. The van der Waals surface area contributed by atoms with Crippen LogP contribution in [0.25, 0.3) is 72.2 Å². The Morgan fingerprint density at radius 1 is 0.390 bits per heavy atom. The van der Waals surface area contributed by atoms with Crippen LogP contribution in [0.1, 0.15) is 0 Å². The third-order valence-electron chi connectivity index (χ3n) is 7.81. The average molecular weight is 524 g/mol. The lowest BCUT2D eigenvalue weighted by Gasteiger charge is -2.12. The molecule has 0 bridgehead atoms. The molecule has 3 nitrogen and oxygen atoms in total. The quantitative estimate of drug-likeness (QED) is 0.230. The molecule has 6 aromatic carbocycles. The molecule has 0 saturated carbocycles. The molecule has 0 spiro atoms. The van der Waals surface area contributed by atoms with Gasteiger partial charge in [-0.3, -0.25) is 0 Å². The third-order valence-corrected chi connectivity index (χ3v) is 7.81. The van der Waals surface area contributed by atoms with Crippen LogP contribution in [0.3, 0.4) is 0 Å². The van der Waals surface area contributed by atoms with Gasteiger partial charge in [-0.05, 0) is 47.5 Å². The molecule has 192 valence electrons. The van der Waals surface area contributed by atoms with Crippen LogP contribution in [0.15, 0.2) is 152 Å². The number of hydrogen-bond acceptors (Lipinski definition) is 2. The fourth-order valence-electron chi connectivity index (χ4n) is 5.84. The highest BCUT2D eigenvalue weighted by molar-refractivity contribution is 6.09. The van der Waals surface area contributed by atoms with E-state index in [-0.39, 0.29) is 0 Å². The molecule has 0 N–H and O–H groups in total. The molecular weight excluding hydrogens is 498 g/mol. The van der Waals surface area contributed by atoms with Crippen molar-refractivity contribution in [3.05, 3.63) is 152 Å². The Morgan fingerprint density at radius 3 is 1.61 bits per heavy atom. The van der Waals surface area contributed by atoms with Crippen LogP contribution < -0.4 is 0 Å². The van der Waals surface area contributed by atoms with E-state index < -0.39 is 0 Å². The fraction of sp³-hybridized carbons (Fsp3) is 0. The summed E-state index contributed by atoms with van der Waals surface area (Å²) in [5.41, 5.74) is 9.83. The fourth-order valence-corrected chi connectivity index (χ4v) is 5.84. The van der Waals surface area contributed by atoms with E-state index in [0.717, 1.165) is 50.4 Å². The average Bonchev–Trinajstić information content (AvgIpc) is 3.39. The van der Waals surface area contributed by atoms with Crippen molar-refractivity contribution in [1.82, 2.24) is 14.5 Å². The molecule has 0 fully saturated rings. The summed E-state index contributed by atoms with van der Waals surface area (Å²) in [6.07, 6.45) is 0. The highest BCUT2D eigenvalue weighted by Crippen LogP contribution is 2.35. The van der Waals surface area contributed by atoms with Gasteiger partial charge in [0, 0.05) is 33.0 Å². The van der Waals surface area contributed by atoms with Crippen LogP contribution >= 0.6 is 0 Å². The van der Waals surface area contributed by atoms with Crippen LogP contribution in [0, 0.1) is 0 Å². The second-order valence-electron chi connectivity index (χ2n) is 10.3. The topological polar surface area (TPSA) is 30.7 Å². The molecule has 0 aliphatic rings. The van der Waals surface area contributed by atoms with Crippen molar-refractivity contribution in [2.75, 3.05) is 0 Å². The van der Waals surface area contributed by atoms with Crippen molar-refractivity contribution in [3.63, 3.8) is 0 Å². The van der Waals surface area contributed by atoms with Crippen LogP contribution in [0.2, 0.25) is 0 Å². The molecule has 3 heteroatoms. The molecule has 2 heterocycles. The van der Waals surface area contributed by atoms with Crippen LogP contribution in [0.5, 0.6) is 0 Å². The first-order valence-corrected chi connectivity index (χ1v) is 13.9. The Balaban J connectivity index is 1.26. The monoisotopic (exact) mass is 523 g/mol. The largest absolute Gasteiger partial charge is 0.309 e. The van der Waals surface area contributed by atoms with Gasteiger partial charge in [0.2, 0.25) is 0 Å². The zero-order valence-electron chi connectivity index (χ0n) is 22.3. The Labute approximate surface area is 238 Å². The van der Waals surface area contributed by atoms with E-state index in [4.69, 9.17) is 9.97 Å². The van der Waals surface area contributed by atoms with Crippen molar-refractivity contribution >= 4 is 32.7 Å². The number of benzene rings is 6. The van der Waals surface area contributed by atoms with E-state index in [1.807, 2.05) is 24.3 Å². The molecule has 0 aliphatic heterocycles. The maximum atomic E-state index is 5.07. The molecule has 8 rings (SSSR count). The summed E-state index contributed by atoms with van der Waals surface area (Å²) in [6.45, 7) is 0. The van der Waals surface area contributed by atoms with Gasteiger partial charge in [0.1, 0.15) is 0 Å². The number of fused-ring (bicyclic) bond motifs is 4. The van der Waals surface area contributed by atoms with E-state index in [9.17, 15) is 0 Å². The molecule has 41 heavy (non-hydrogen) atoms. The van der Waals surface area contributed by atoms with Crippen LogP contribution in [-0.2, 0) is 0 Å². The predicted octanol–water partition coefficient (Wildman–Crippen LogP) is 9.73. The molecule has 0 amide bonds. The lowest BCUT2D eigenvalue weighted by atomic mass is 9.99. The smallest absolute Gasteiger partial charge is 0.160 e. The minimum Gasteiger partial charge on any atom is -0.309 e. The van der Waals surface area contributed by atoms with Gasteiger partial charge in [-0.25, -0.2) is 9.97 Å². The highest BCUT2D eigenvalue weighted by atomic mass is 15.0. The Hall–Kier alpha value is -5.54. The van der Waals surface area contributed by atoms with Gasteiger partial charge in [0.15, 0.2) is 5.82 Å². The van der Waals surface area contributed by atoms with Gasteiger partial charge >= 0.3 is 0 Å². The molecule has 0 aliphatic carbocycles. The first kappa shape index (κ1) is 23.4. The van der Waals surface area contributed by atoms with Gasteiger partial charge in [-0.1, -0.05) is 115 Å². The van der Waals surface area contributed by atoms with E-state index in [2.05, 4.69) is 132 Å². The lowest BCUT2D eigenvalue weighted by Crippen LogP contribution is -1.96. The summed E-state index contributed by atoms with van der Waals surface area (Å²) in [4.78, 5) is 10.0. The predicted molar refractivity (Wildman–Crippen MR) is 170 cm³/mol. The molecule has 0 atom stereocenters. The van der Waals surface area contributed by atoms with Crippen molar-refractivity contribution < 1.29 is 0 Å². The summed E-state index contributed by atoms with van der Waals surface area (Å²) in [5.74, 6) is 0.736. The van der Waals surface area contributed by atoms with E-state index >= 15 is 0 Å². The summed E-state index contributed by atoms with van der Waals surface area (Å²) in [6, 6.07) is 53.1. The maximum Gasteiger partial charge on any atom is 0.160 e. The SMILES string of the molecule is c1ccc(-c2nc(-c3ccccc3)c3cc(-c4ccc(-n5c6ccccc6c6ccccc65)cc4)ccc3n2)cc1. The van der Waals surface area contributed by atoms with Crippen molar-refractivity contribution in [3.8, 4) is 39.5 Å². The van der Waals surface area contributed by atoms with Crippen molar-refractivity contribution in [2.45, 2.75) is 0 Å². The number of aromatic nitrogens is 3. The molecule has 0 radical (unpaired) electrons. The summed E-state index contributed by atoms with van der Waals surface area (Å²) < 4.78 is 2.35. The number of para-hydroxylation sites is 2. The van der Waals surface area contributed by atoms with E-state index in [1.165, 1.54) is 21.8 Å². The van der Waals surface area contributed by atoms with Gasteiger partial charge in [-0.15, -0.1) is 0 Å². The molecule has 8 aromatic rings. The van der Waals surface area contributed by atoms with Crippen molar-refractivity contribution in [1.29, 1.82) is 0 Å². The number of rotatable bonds is 4. The minimum absolute atomic E-state index is 0.736.